The molecular formula is C18H18F2N4O2. The first-order valence-electron chi connectivity index (χ1n) is 7.94. The maximum Gasteiger partial charge on any atom is 0.387 e. The highest BCUT2D eigenvalue weighted by atomic mass is 19.3. The molecule has 3 aromatic rings. The van der Waals surface area contributed by atoms with Gasteiger partial charge < -0.3 is 14.8 Å². The van der Waals surface area contributed by atoms with Gasteiger partial charge in [-0.1, -0.05) is 24.3 Å². The van der Waals surface area contributed by atoms with E-state index in [0.717, 1.165) is 17.1 Å². The predicted molar refractivity (Wildman–Crippen MR) is 91.5 cm³/mol. The van der Waals surface area contributed by atoms with Crippen molar-refractivity contribution in [1.82, 2.24) is 20.1 Å². The van der Waals surface area contributed by atoms with Gasteiger partial charge in [0.15, 0.2) is 17.3 Å². The third kappa shape index (κ3) is 4.34. The first-order valence-corrected chi connectivity index (χ1v) is 7.94. The van der Waals surface area contributed by atoms with Crippen LogP contribution in [-0.4, -0.2) is 28.5 Å². The van der Waals surface area contributed by atoms with Gasteiger partial charge in [0.2, 0.25) is 0 Å². The fraction of sp³-hybridized carbons (Fsp3) is 0.222. The molecule has 0 aliphatic carbocycles. The van der Waals surface area contributed by atoms with Crippen LogP contribution in [0.15, 0.2) is 54.9 Å². The Bertz CT molecular complexity index is 840. The molecule has 0 aliphatic heterocycles. The lowest BCUT2D eigenvalue weighted by Crippen LogP contribution is -2.16. The third-order valence-electron chi connectivity index (χ3n) is 3.71. The molecule has 0 unspecified atom stereocenters. The highest BCUT2D eigenvalue weighted by molar-refractivity contribution is 5.43. The summed E-state index contributed by atoms with van der Waals surface area (Å²) in [4.78, 5) is 0. The Labute approximate surface area is 149 Å². The molecule has 0 amide bonds. The molecule has 0 saturated carbocycles. The number of alkyl halides is 2. The van der Waals surface area contributed by atoms with Crippen molar-refractivity contribution >= 4 is 0 Å². The number of nitrogens with zero attached hydrogens (tertiary/aromatic N) is 3. The summed E-state index contributed by atoms with van der Waals surface area (Å²) in [7, 11) is 1.40. The standard InChI is InChI=1S/C18H18F2N4O2/c1-25-15-8-7-13(9-16(15)26-18(19)20)10-21-11-17-23-22-12-24(17)14-5-3-2-4-6-14/h2-9,12,18,21H,10-11H2,1H3. The Morgan fingerprint density at radius 1 is 1.08 bits per heavy atom. The average Bonchev–Trinajstić information content (AvgIpc) is 3.11. The summed E-state index contributed by atoms with van der Waals surface area (Å²) in [5, 5.41) is 11.3. The first-order chi connectivity index (χ1) is 12.7. The van der Waals surface area contributed by atoms with Crippen molar-refractivity contribution in [2.24, 2.45) is 0 Å². The van der Waals surface area contributed by atoms with E-state index in [4.69, 9.17) is 4.74 Å². The van der Waals surface area contributed by atoms with Crippen LogP contribution in [0, 0.1) is 0 Å². The molecule has 0 atom stereocenters. The van der Waals surface area contributed by atoms with Crippen LogP contribution in [0.5, 0.6) is 11.5 Å². The molecule has 0 fully saturated rings. The zero-order valence-electron chi connectivity index (χ0n) is 14.1. The summed E-state index contributed by atoms with van der Waals surface area (Å²) in [5.41, 5.74) is 1.75. The number of rotatable bonds is 8. The van der Waals surface area contributed by atoms with Crippen LogP contribution >= 0.6 is 0 Å². The molecular weight excluding hydrogens is 342 g/mol. The fourth-order valence-electron chi connectivity index (χ4n) is 2.52. The second-order valence-electron chi connectivity index (χ2n) is 5.42. The molecule has 3 rings (SSSR count). The minimum absolute atomic E-state index is 0.00857. The van der Waals surface area contributed by atoms with Gasteiger partial charge in [-0.05, 0) is 29.8 Å². The molecule has 2 aromatic carbocycles. The van der Waals surface area contributed by atoms with E-state index in [1.807, 2.05) is 34.9 Å². The Balaban J connectivity index is 1.65. The normalized spacial score (nSPS) is 10.9. The fourth-order valence-corrected chi connectivity index (χ4v) is 2.52. The van der Waals surface area contributed by atoms with Crippen molar-refractivity contribution in [3.8, 4) is 17.2 Å². The summed E-state index contributed by atoms with van der Waals surface area (Å²) in [6.45, 7) is -1.99. The Hall–Kier alpha value is -3.00. The lowest BCUT2D eigenvalue weighted by Gasteiger charge is -2.12. The van der Waals surface area contributed by atoms with Crippen LogP contribution in [0.3, 0.4) is 0 Å². The van der Waals surface area contributed by atoms with Gasteiger partial charge in [0, 0.05) is 12.2 Å². The van der Waals surface area contributed by atoms with Crippen LogP contribution in [0.25, 0.3) is 5.69 Å². The van der Waals surface area contributed by atoms with Crippen molar-refractivity contribution in [3.63, 3.8) is 0 Å². The van der Waals surface area contributed by atoms with Crippen LogP contribution < -0.4 is 14.8 Å². The van der Waals surface area contributed by atoms with Gasteiger partial charge in [-0.2, -0.15) is 8.78 Å². The quantitative estimate of drug-likeness (QED) is 0.669. The highest BCUT2D eigenvalue weighted by Crippen LogP contribution is 2.29. The van der Waals surface area contributed by atoms with Crippen molar-refractivity contribution in [2.75, 3.05) is 7.11 Å². The smallest absolute Gasteiger partial charge is 0.387 e. The molecule has 6 nitrogen and oxygen atoms in total. The first kappa shape index (κ1) is 17.8. The predicted octanol–water partition coefficient (Wildman–Crippen LogP) is 3.17. The van der Waals surface area contributed by atoms with Gasteiger partial charge in [0.25, 0.3) is 0 Å². The van der Waals surface area contributed by atoms with E-state index in [2.05, 4.69) is 20.3 Å². The van der Waals surface area contributed by atoms with Crippen molar-refractivity contribution < 1.29 is 18.3 Å². The van der Waals surface area contributed by atoms with Crippen LogP contribution in [0.2, 0.25) is 0 Å². The van der Waals surface area contributed by atoms with Gasteiger partial charge >= 0.3 is 6.61 Å². The lowest BCUT2D eigenvalue weighted by atomic mass is 10.2. The summed E-state index contributed by atoms with van der Waals surface area (Å²) in [6.07, 6.45) is 1.65. The summed E-state index contributed by atoms with van der Waals surface area (Å²) < 4.78 is 36.4. The van der Waals surface area contributed by atoms with E-state index in [0.29, 0.717) is 13.1 Å². The number of para-hydroxylation sites is 1. The number of hydrogen-bond acceptors (Lipinski definition) is 5. The van der Waals surface area contributed by atoms with Crippen molar-refractivity contribution in [1.29, 1.82) is 0 Å². The lowest BCUT2D eigenvalue weighted by molar-refractivity contribution is -0.0512. The van der Waals surface area contributed by atoms with Crippen molar-refractivity contribution in [3.05, 3.63) is 66.2 Å². The number of hydrogen-bond donors (Lipinski definition) is 1. The minimum Gasteiger partial charge on any atom is -0.493 e. The molecule has 1 N–H and O–H groups in total. The number of nitrogens with one attached hydrogen (secondary N) is 1. The second kappa shape index (κ2) is 8.39. The molecule has 0 aliphatic rings. The second-order valence-corrected chi connectivity index (χ2v) is 5.42. The maximum absolute atomic E-state index is 12.5. The molecule has 0 bridgehead atoms. The zero-order valence-corrected chi connectivity index (χ0v) is 14.1. The molecule has 1 heterocycles. The monoisotopic (exact) mass is 360 g/mol. The number of methoxy groups -OCH3 is 1. The third-order valence-corrected chi connectivity index (χ3v) is 3.71. The number of aromatic nitrogens is 3. The van der Waals surface area contributed by atoms with Gasteiger partial charge in [-0.3, -0.25) is 4.57 Å². The summed E-state index contributed by atoms with van der Waals surface area (Å²) >= 11 is 0. The maximum atomic E-state index is 12.5. The van der Waals surface area contributed by atoms with E-state index in [-0.39, 0.29) is 11.5 Å². The molecule has 0 spiro atoms. The van der Waals surface area contributed by atoms with Crippen LogP contribution in [0.4, 0.5) is 8.78 Å². The molecule has 1 aromatic heterocycles. The topological polar surface area (TPSA) is 61.2 Å². The Kier molecular flexibility index (Phi) is 5.75. The summed E-state index contributed by atoms with van der Waals surface area (Å²) in [5.74, 6) is 1.01. The zero-order chi connectivity index (χ0) is 18.4. The molecule has 0 radical (unpaired) electrons. The number of benzene rings is 2. The van der Waals surface area contributed by atoms with Gasteiger partial charge in [-0.15, -0.1) is 10.2 Å². The highest BCUT2D eigenvalue weighted by Gasteiger charge is 2.11. The Morgan fingerprint density at radius 3 is 2.62 bits per heavy atom. The van der Waals surface area contributed by atoms with E-state index < -0.39 is 6.61 Å². The van der Waals surface area contributed by atoms with E-state index >= 15 is 0 Å². The molecule has 136 valence electrons. The van der Waals surface area contributed by atoms with Gasteiger partial charge in [0.1, 0.15) is 6.33 Å². The average molecular weight is 360 g/mol. The number of halogens is 2. The summed E-state index contributed by atoms with van der Waals surface area (Å²) in [6, 6.07) is 14.7. The molecule has 8 heteroatoms. The van der Waals surface area contributed by atoms with Gasteiger partial charge in [0.05, 0.1) is 13.7 Å². The van der Waals surface area contributed by atoms with Crippen LogP contribution in [0.1, 0.15) is 11.4 Å². The number of ether oxygens (including phenoxy) is 2. The van der Waals surface area contributed by atoms with E-state index in [1.165, 1.54) is 13.2 Å². The van der Waals surface area contributed by atoms with E-state index in [1.54, 1.807) is 18.5 Å². The van der Waals surface area contributed by atoms with Gasteiger partial charge in [-0.25, -0.2) is 0 Å². The molecule has 26 heavy (non-hydrogen) atoms. The minimum atomic E-state index is -2.91. The van der Waals surface area contributed by atoms with Crippen molar-refractivity contribution in [2.45, 2.75) is 19.7 Å². The largest absolute Gasteiger partial charge is 0.493 e. The molecule has 0 saturated heterocycles. The Morgan fingerprint density at radius 2 is 1.88 bits per heavy atom. The van der Waals surface area contributed by atoms with Crippen LogP contribution in [-0.2, 0) is 13.1 Å². The van der Waals surface area contributed by atoms with E-state index in [9.17, 15) is 8.78 Å². The SMILES string of the molecule is COc1ccc(CNCc2nncn2-c2ccccc2)cc1OC(F)F.